The predicted octanol–water partition coefficient (Wildman–Crippen LogP) is 6.63. The molecule has 0 atom stereocenters. The molecule has 1 saturated carbocycles. The Labute approximate surface area is 165 Å². The van der Waals surface area contributed by atoms with Gasteiger partial charge in [0.2, 0.25) is 10.9 Å². The van der Waals surface area contributed by atoms with Crippen LogP contribution in [0.5, 0.6) is 0 Å². The van der Waals surface area contributed by atoms with Crippen LogP contribution in [-0.4, -0.2) is 25.3 Å². The second-order valence-corrected chi connectivity index (χ2v) is 9.28. The van der Waals surface area contributed by atoms with Crippen molar-refractivity contribution in [3.8, 4) is 0 Å². The van der Waals surface area contributed by atoms with Gasteiger partial charge in [-0.25, -0.2) is 12.7 Å². The Bertz CT molecular complexity index is 370. The van der Waals surface area contributed by atoms with E-state index in [0.29, 0.717) is 6.04 Å². The summed E-state index contributed by atoms with van der Waals surface area (Å²) < 4.78 is 24.8. The Hall–Kier alpha value is -0.0900. The molecule has 0 spiro atoms. The highest BCUT2D eigenvalue weighted by atomic mass is 32.2. The quantitative estimate of drug-likeness (QED) is 0.225. The summed E-state index contributed by atoms with van der Waals surface area (Å²) in [7, 11) is -2.40. The Kier molecular flexibility index (Phi) is 15.7. The highest BCUT2D eigenvalue weighted by molar-refractivity contribution is 7.69. The van der Waals surface area contributed by atoms with Crippen LogP contribution < -0.4 is 0 Å². The van der Waals surface area contributed by atoms with Gasteiger partial charge >= 0.3 is 0 Å². The molecule has 0 aliphatic heterocycles. The van der Waals surface area contributed by atoms with E-state index in [1.807, 2.05) is 0 Å². The van der Waals surface area contributed by atoms with Gasteiger partial charge in [-0.05, 0) is 19.3 Å². The molecule has 0 N–H and O–H groups in total. The lowest BCUT2D eigenvalue weighted by Gasteiger charge is -2.29. The number of hydrogen-bond donors (Lipinski definition) is 1. The lowest BCUT2D eigenvalue weighted by atomic mass is 9.95. The first-order valence-corrected chi connectivity index (χ1v) is 12.8. The van der Waals surface area contributed by atoms with Crippen LogP contribution in [0.1, 0.15) is 129 Å². The van der Waals surface area contributed by atoms with Crippen LogP contribution in [0.4, 0.5) is 0 Å². The molecule has 0 aromatic carbocycles. The molecule has 0 heterocycles. The van der Waals surface area contributed by atoms with E-state index in [1.54, 1.807) is 4.31 Å². The zero-order chi connectivity index (χ0) is 18.9. The summed E-state index contributed by atoms with van der Waals surface area (Å²) in [6.07, 6.45) is 24.7. The van der Waals surface area contributed by atoms with Crippen molar-refractivity contribution in [2.24, 2.45) is 0 Å². The zero-order valence-electron chi connectivity index (χ0n) is 17.4. The van der Waals surface area contributed by atoms with E-state index in [4.69, 9.17) is 0 Å². The van der Waals surface area contributed by atoms with E-state index in [1.165, 1.54) is 103 Å². The predicted molar refractivity (Wildman–Crippen MR) is 114 cm³/mol. The summed E-state index contributed by atoms with van der Waals surface area (Å²) in [4.78, 5) is 0. The third kappa shape index (κ3) is 12.3. The molecule has 4 heteroatoms. The first-order chi connectivity index (χ1) is 12.8. The maximum Gasteiger partial charge on any atom is 0.204 e. The Morgan fingerprint density at radius 1 is 0.654 bits per heavy atom. The maximum atomic E-state index is 11.5. The molecule has 1 aliphatic rings. The zero-order valence-corrected chi connectivity index (χ0v) is 18.3. The molecule has 0 amide bonds. The maximum absolute atomic E-state index is 11.5. The Balaban J connectivity index is 1.89. The molecular formula is C22H45NO2S. The highest BCUT2D eigenvalue weighted by Gasteiger charge is 2.22. The molecule has 1 aliphatic carbocycles. The summed E-state index contributed by atoms with van der Waals surface area (Å²) in [6, 6.07) is 0.298. The van der Waals surface area contributed by atoms with Gasteiger partial charge in [-0.3, -0.25) is 0 Å². The standard InChI is InChI=1S/C22H45NO2S/c1-2-3-4-5-6-7-8-9-10-11-12-13-14-18-21-23(26(24)25)22-19-16-15-17-20-22/h22,26H,2-21H2,1H3. The van der Waals surface area contributed by atoms with Gasteiger partial charge in [0, 0.05) is 12.6 Å². The largest absolute Gasteiger partial charge is 0.215 e. The summed E-state index contributed by atoms with van der Waals surface area (Å²) in [6.45, 7) is 3.03. The number of nitrogens with zero attached hydrogens (tertiary/aromatic N) is 1. The SMILES string of the molecule is CCCCCCCCCCCCCCCCN(C1CCCCC1)[SH](=O)=O. The van der Waals surface area contributed by atoms with Gasteiger partial charge in [0.25, 0.3) is 0 Å². The Morgan fingerprint density at radius 3 is 1.50 bits per heavy atom. The summed E-state index contributed by atoms with van der Waals surface area (Å²) in [5, 5.41) is 0. The molecule has 0 aromatic rings. The fraction of sp³-hybridized carbons (Fsp3) is 1.00. The van der Waals surface area contributed by atoms with Crippen LogP contribution in [0.25, 0.3) is 0 Å². The van der Waals surface area contributed by atoms with Crippen molar-refractivity contribution in [2.75, 3.05) is 6.54 Å². The molecule has 0 aromatic heterocycles. The highest BCUT2D eigenvalue weighted by Crippen LogP contribution is 2.23. The minimum absolute atomic E-state index is 0.298. The topological polar surface area (TPSA) is 37.4 Å². The minimum Gasteiger partial charge on any atom is -0.215 e. The average molecular weight is 388 g/mol. The van der Waals surface area contributed by atoms with Crippen molar-refractivity contribution >= 4 is 10.9 Å². The van der Waals surface area contributed by atoms with E-state index >= 15 is 0 Å². The molecular weight excluding hydrogens is 342 g/mol. The fourth-order valence-corrected chi connectivity index (χ4v) is 5.05. The van der Waals surface area contributed by atoms with Crippen LogP contribution in [-0.2, 0) is 10.9 Å². The molecule has 1 fully saturated rings. The second-order valence-electron chi connectivity index (χ2n) is 8.29. The van der Waals surface area contributed by atoms with Crippen LogP contribution >= 0.6 is 0 Å². The smallest absolute Gasteiger partial charge is 0.204 e. The van der Waals surface area contributed by atoms with Crippen molar-refractivity contribution in [1.82, 2.24) is 4.31 Å². The molecule has 156 valence electrons. The van der Waals surface area contributed by atoms with Gasteiger partial charge in [-0.2, -0.15) is 0 Å². The van der Waals surface area contributed by atoms with Crippen LogP contribution in [0.15, 0.2) is 0 Å². The first-order valence-electron chi connectivity index (χ1n) is 11.7. The van der Waals surface area contributed by atoms with Crippen molar-refractivity contribution in [3.05, 3.63) is 0 Å². The van der Waals surface area contributed by atoms with E-state index < -0.39 is 10.9 Å². The number of hydrogen-bond acceptors (Lipinski definition) is 2. The third-order valence-electron chi connectivity index (χ3n) is 5.95. The van der Waals surface area contributed by atoms with Gasteiger partial charge < -0.3 is 0 Å². The van der Waals surface area contributed by atoms with Gasteiger partial charge in [-0.15, -0.1) is 0 Å². The number of unbranched alkanes of at least 4 members (excludes halogenated alkanes) is 13. The monoisotopic (exact) mass is 387 g/mol. The lowest BCUT2D eigenvalue weighted by Crippen LogP contribution is -2.36. The molecule has 26 heavy (non-hydrogen) atoms. The van der Waals surface area contributed by atoms with E-state index in [0.717, 1.165) is 25.8 Å². The van der Waals surface area contributed by atoms with Crippen molar-refractivity contribution in [3.63, 3.8) is 0 Å². The van der Waals surface area contributed by atoms with Crippen LogP contribution in [0.3, 0.4) is 0 Å². The molecule has 0 radical (unpaired) electrons. The molecule has 0 bridgehead atoms. The summed E-state index contributed by atoms with van der Waals surface area (Å²) in [5.74, 6) is 0. The average Bonchev–Trinajstić information content (AvgIpc) is 2.65. The normalized spacial score (nSPS) is 16.0. The van der Waals surface area contributed by atoms with Crippen molar-refractivity contribution in [1.29, 1.82) is 0 Å². The molecule has 0 unspecified atom stereocenters. The van der Waals surface area contributed by atoms with Crippen molar-refractivity contribution in [2.45, 2.75) is 135 Å². The molecule has 3 nitrogen and oxygen atoms in total. The van der Waals surface area contributed by atoms with Gasteiger partial charge in [0.05, 0.1) is 0 Å². The third-order valence-corrected chi connectivity index (χ3v) is 6.89. The Morgan fingerprint density at radius 2 is 1.08 bits per heavy atom. The van der Waals surface area contributed by atoms with Gasteiger partial charge in [0.15, 0.2) is 0 Å². The first kappa shape index (κ1) is 23.9. The van der Waals surface area contributed by atoms with Gasteiger partial charge in [-0.1, -0.05) is 110 Å². The molecule has 0 saturated heterocycles. The van der Waals surface area contributed by atoms with Crippen LogP contribution in [0, 0.1) is 0 Å². The van der Waals surface area contributed by atoms with Crippen molar-refractivity contribution < 1.29 is 8.42 Å². The van der Waals surface area contributed by atoms with E-state index in [9.17, 15) is 8.42 Å². The fourth-order valence-electron chi connectivity index (χ4n) is 4.24. The second kappa shape index (κ2) is 17.0. The minimum atomic E-state index is -2.40. The van der Waals surface area contributed by atoms with E-state index in [-0.39, 0.29) is 0 Å². The number of thiol groups is 1. The summed E-state index contributed by atoms with van der Waals surface area (Å²) >= 11 is 0. The lowest BCUT2D eigenvalue weighted by molar-refractivity contribution is 0.255. The van der Waals surface area contributed by atoms with Crippen LogP contribution in [0.2, 0.25) is 0 Å². The van der Waals surface area contributed by atoms with E-state index in [2.05, 4.69) is 6.92 Å². The molecule has 1 rings (SSSR count). The number of rotatable bonds is 17. The summed E-state index contributed by atoms with van der Waals surface area (Å²) in [5.41, 5.74) is 0. The van der Waals surface area contributed by atoms with Gasteiger partial charge in [0.1, 0.15) is 0 Å².